The van der Waals surface area contributed by atoms with Crippen LogP contribution in [-0.4, -0.2) is 59.1 Å². The zero-order valence-corrected chi connectivity index (χ0v) is 20.6. The Morgan fingerprint density at radius 3 is 2.33 bits per heavy atom. The zero-order valence-electron chi connectivity index (χ0n) is 20.6. The lowest BCUT2D eigenvalue weighted by Crippen LogP contribution is -2.61. The van der Waals surface area contributed by atoms with Gasteiger partial charge in [-0.15, -0.1) is 0 Å². The Kier molecular flexibility index (Phi) is 9.03. The molecule has 36 heavy (non-hydrogen) atoms. The van der Waals surface area contributed by atoms with Crippen LogP contribution in [0, 0.1) is 5.92 Å². The number of unbranched alkanes of at least 4 members (excludes halogenated alkanes) is 1. The highest BCUT2D eigenvalue weighted by Gasteiger charge is 2.48. The molecule has 4 rings (SSSR count). The van der Waals surface area contributed by atoms with E-state index in [4.69, 9.17) is 25.3 Å². The Labute approximate surface area is 213 Å². The molecule has 2 aliphatic rings. The summed E-state index contributed by atoms with van der Waals surface area (Å²) in [5.41, 5.74) is 8.47. The minimum absolute atomic E-state index is 0.0814. The normalized spacial score (nSPS) is 23.0. The second kappa shape index (κ2) is 12.2. The van der Waals surface area contributed by atoms with Crippen LogP contribution in [0.2, 0.25) is 6.32 Å². The van der Waals surface area contributed by atoms with E-state index in [2.05, 4.69) is 41.7 Å². The quantitative estimate of drug-likeness (QED) is 0.211. The molecule has 8 nitrogen and oxygen atoms in total. The van der Waals surface area contributed by atoms with E-state index in [1.165, 1.54) is 5.56 Å². The van der Waals surface area contributed by atoms with Crippen molar-refractivity contribution in [3.8, 4) is 16.9 Å². The van der Waals surface area contributed by atoms with Gasteiger partial charge in [0.1, 0.15) is 17.4 Å². The van der Waals surface area contributed by atoms with Crippen molar-refractivity contribution in [3.63, 3.8) is 0 Å². The highest BCUT2D eigenvalue weighted by Crippen LogP contribution is 2.38. The first-order valence-electron chi connectivity index (χ1n) is 12.9. The SMILES string of the molecule is NC(CCCCB(O)O)(C(=O)O)[C@H]1C[C@@H](NCc2ccc(-c3ccc(O[C@@H]4CCOC4)cc3)cc2)C1. The maximum absolute atomic E-state index is 11.9. The lowest BCUT2D eigenvalue weighted by Gasteiger charge is -2.45. The van der Waals surface area contributed by atoms with E-state index in [1.54, 1.807) is 0 Å². The van der Waals surface area contributed by atoms with E-state index < -0.39 is 18.6 Å². The molecule has 2 aromatic carbocycles. The summed E-state index contributed by atoms with van der Waals surface area (Å²) in [6, 6.07) is 16.8. The molecule has 2 fully saturated rings. The molecule has 194 valence electrons. The van der Waals surface area contributed by atoms with Crippen LogP contribution < -0.4 is 15.8 Å². The van der Waals surface area contributed by atoms with E-state index in [9.17, 15) is 9.90 Å². The number of carboxylic acid groups (broad SMARTS) is 1. The predicted molar refractivity (Wildman–Crippen MR) is 138 cm³/mol. The number of hydrogen-bond donors (Lipinski definition) is 5. The monoisotopic (exact) mass is 496 g/mol. The Bertz CT molecular complexity index is 975. The van der Waals surface area contributed by atoms with Crippen LogP contribution in [0.15, 0.2) is 48.5 Å². The zero-order chi connectivity index (χ0) is 25.5. The van der Waals surface area contributed by atoms with Gasteiger partial charge >= 0.3 is 13.1 Å². The van der Waals surface area contributed by atoms with Gasteiger partial charge in [-0.05, 0) is 60.3 Å². The van der Waals surface area contributed by atoms with E-state index in [-0.39, 0.29) is 24.4 Å². The number of nitrogens with one attached hydrogen (secondary N) is 1. The number of carbonyl (C=O) groups is 1. The number of hydrogen-bond acceptors (Lipinski definition) is 7. The van der Waals surface area contributed by atoms with Gasteiger partial charge in [0.15, 0.2) is 0 Å². The number of rotatable bonds is 13. The predicted octanol–water partition coefficient (Wildman–Crippen LogP) is 2.81. The molecule has 1 aliphatic heterocycles. The van der Waals surface area contributed by atoms with Gasteiger partial charge in [-0.2, -0.15) is 0 Å². The Balaban J connectivity index is 1.21. The smallest absolute Gasteiger partial charge is 0.451 e. The first kappa shape index (κ1) is 26.6. The molecule has 0 spiro atoms. The highest BCUT2D eigenvalue weighted by atomic mass is 16.5. The second-order valence-corrected chi connectivity index (χ2v) is 10.1. The Morgan fingerprint density at radius 1 is 1.08 bits per heavy atom. The minimum atomic E-state index is -1.36. The molecule has 1 unspecified atom stereocenters. The summed E-state index contributed by atoms with van der Waals surface area (Å²) in [7, 11) is -1.36. The summed E-state index contributed by atoms with van der Waals surface area (Å²) in [4.78, 5) is 11.9. The lowest BCUT2D eigenvalue weighted by atomic mass is 9.66. The number of carboxylic acids is 1. The highest BCUT2D eigenvalue weighted by molar-refractivity contribution is 6.40. The summed E-state index contributed by atoms with van der Waals surface area (Å²) in [5.74, 6) is -0.192. The summed E-state index contributed by atoms with van der Waals surface area (Å²) >= 11 is 0. The first-order valence-corrected chi connectivity index (χ1v) is 12.9. The number of ether oxygens (including phenoxy) is 2. The van der Waals surface area contributed by atoms with E-state index >= 15 is 0 Å². The van der Waals surface area contributed by atoms with Crippen molar-refractivity contribution < 1.29 is 29.4 Å². The number of nitrogens with two attached hydrogens (primary N) is 1. The van der Waals surface area contributed by atoms with Crippen molar-refractivity contribution in [1.29, 1.82) is 0 Å². The third kappa shape index (κ3) is 6.86. The van der Waals surface area contributed by atoms with Crippen molar-refractivity contribution in [1.82, 2.24) is 5.32 Å². The average Bonchev–Trinajstić information content (AvgIpc) is 3.34. The maximum Gasteiger partial charge on any atom is 0.451 e. The molecular weight excluding hydrogens is 459 g/mol. The van der Waals surface area contributed by atoms with Gasteiger partial charge in [-0.1, -0.05) is 49.2 Å². The number of aliphatic carboxylic acids is 1. The standard InChI is InChI=1S/C27H37BN2O6/c29-27(26(31)32,12-1-2-13-28(33)34)22-15-23(16-22)30-17-19-3-5-20(6-4-19)21-7-9-24(10-8-21)36-25-11-14-35-18-25/h3-10,22-23,25,30,33-34H,1-2,11-18,29H2,(H,31,32)/t22-,23+,25-,27?/m1/s1. The topological polar surface area (TPSA) is 134 Å². The third-order valence-electron chi connectivity index (χ3n) is 7.49. The van der Waals surface area contributed by atoms with Gasteiger partial charge < -0.3 is 35.7 Å². The Morgan fingerprint density at radius 2 is 1.75 bits per heavy atom. The molecule has 0 aromatic heterocycles. The van der Waals surface area contributed by atoms with E-state index in [0.29, 0.717) is 32.4 Å². The molecule has 0 radical (unpaired) electrons. The minimum Gasteiger partial charge on any atom is -0.488 e. The maximum atomic E-state index is 11.9. The number of benzene rings is 2. The van der Waals surface area contributed by atoms with Crippen LogP contribution in [0.5, 0.6) is 5.75 Å². The lowest BCUT2D eigenvalue weighted by molar-refractivity contribution is -0.148. The van der Waals surface area contributed by atoms with Crippen molar-refractivity contribution in [3.05, 3.63) is 54.1 Å². The summed E-state index contributed by atoms with van der Waals surface area (Å²) < 4.78 is 11.3. The van der Waals surface area contributed by atoms with Gasteiger partial charge in [0.25, 0.3) is 0 Å². The van der Waals surface area contributed by atoms with E-state index in [1.807, 2.05) is 12.1 Å². The van der Waals surface area contributed by atoms with Crippen molar-refractivity contribution in [2.75, 3.05) is 13.2 Å². The molecule has 0 amide bonds. The fraction of sp³-hybridized carbons (Fsp3) is 0.519. The van der Waals surface area contributed by atoms with Crippen LogP contribution in [0.4, 0.5) is 0 Å². The fourth-order valence-electron chi connectivity index (χ4n) is 5.04. The molecular formula is C27H37BN2O6. The van der Waals surface area contributed by atoms with Crippen LogP contribution in [-0.2, 0) is 16.1 Å². The molecule has 9 heteroatoms. The van der Waals surface area contributed by atoms with Gasteiger partial charge in [-0.25, -0.2) is 0 Å². The van der Waals surface area contributed by atoms with Crippen LogP contribution in [0.1, 0.15) is 44.1 Å². The molecule has 2 atom stereocenters. The summed E-state index contributed by atoms with van der Waals surface area (Å²) in [6.45, 7) is 2.13. The third-order valence-corrected chi connectivity index (χ3v) is 7.49. The molecule has 1 saturated carbocycles. The molecule has 1 aliphatic carbocycles. The van der Waals surface area contributed by atoms with Crippen molar-refractivity contribution >= 4 is 13.1 Å². The van der Waals surface area contributed by atoms with Crippen LogP contribution in [0.3, 0.4) is 0 Å². The molecule has 0 bridgehead atoms. The van der Waals surface area contributed by atoms with Crippen molar-refractivity contribution in [2.24, 2.45) is 11.7 Å². The Hall–Kier alpha value is -2.43. The molecule has 2 aromatic rings. The summed E-state index contributed by atoms with van der Waals surface area (Å²) in [5, 5.41) is 31.2. The largest absolute Gasteiger partial charge is 0.488 e. The fourth-order valence-corrected chi connectivity index (χ4v) is 5.04. The van der Waals surface area contributed by atoms with Crippen LogP contribution >= 0.6 is 0 Å². The van der Waals surface area contributed by atoms with Gasteiger partial charge in [0.2, 0.25) is 0 Å². The molecule has 6 N–H and O–H groups in total. The molecule has 1 saturated heterocycles. The van der Waals surface area contributed by atoms with Crippen LogP contribution in [0.25, 0.3) is 11.1 Å². The average molecular weight is 496 g/mol. The van der Waals surface area contributed by atoms with Crippen molar-refractivity contribution in [2.45, 2.75) is 69.1 Å². The van der Waals surface area contributed by atoms with E-state index in [0.717, 1.165) is 42.7 Å². The van der Waals surface area contributed by atoms with Gasteiger partial charge in [0, 0.05) is 19.0 Å². The molecule has 1 heterocycles. The van der Waals surface area contributed by atoms with Gasteiger partial charge in [-0.3, -0.25) is 4.79 Å². The first-order chi connectivity index (χ1) is 17.3. The van der Waals surface area contributed by atoms with Gasteiger partial charge in [0.05, 0.1) is 13.2 Å². The summed E-state index contributed by atoms with van der Waals surface area (Å²) in [6.07, 6.45) is 4.22. The second-order valence-electron chi connectivity index (χ2n) is 10.1.